The molecule has 4 heteroatoms. The predicted molar refractivity (Wildman–Crippen MR) is 41.5 cm³/mol. The fourth-order valence-corrected chi connectivity index (χ4v) is 0.568. The van der Waals surface area contributed by atoms with Crippen molar-refractivity contribution in [2.24, 2.45) is 0 Å². The molecule has 1 aromatic carbocycles. The van der Waals surface area contributed by atoms with E-state index in [-0.39, 0.29) is 26.0 Å². The van der Waals surface area contributed by atoms with E-state index in [1.165, 1.54) is 0 Å². The van der Waals surface area contributed by atoms with Crippen molar-refractivity contribution in [3.05, 3.63) is 37.8 Å². The minimum Gasteiger partial charge on any atom is -0.425 e. The van der Waals surface area contributed by atoms with Crippen LogP contribution in [0, 0.1) is 13.5 Å². The average molecular weight is 187 g/mol. The average Bonchev–Trinajstić information content (AvgIpc) is 1.90. The summed E-state index contributed by atoms with van der Waals surface area (Å²) in [4.78, 5) is 0. The van der Waals surface area contributed by atoms with Crippen LogP contribution in [-0.4, -0.2) is 17.2 Å². The predicted octanol–water partition coefficient (Wildman–Crippen LogP) is -0.386. The van der Waals surface area contributed by atoms with Crippen molar-refractivity contribution in [2.45, 2.75) is 0 Å². The van der Waals surface area contributed by atoms with Crippen LogP contribution in [0.5, 0.6) is 0 Å². The summed E-state index contributed by atoms with van der Waals surface area (Å²) in [5.41, 5.74) is 0.400. The minimum atomic E-state index is -1.40. The van der Waals surface area contributed by atoms with Gasteiger partial charge in [-0.2, -0.15) is 30.3 Å². The van der Waals surface area contributed by atoms with E-state index in [1.807, 2.05) is 0 Å². The van der Waals surface area contributed by atoms with E-state index in [4.69, 9.17) is 10.0 Å². The van der Waals surface area contributed by atoms with Crippen LogP contribution in [0.4, 0.5) is 0 Å². The van der Waals surface area contributed by atoms with Crippen molar-refractivity contribution in [1.82, 2.24) is 0 Å². The molecule has 0 heterocycles. The molecule has 0 aliphatic heterocycles. The van der Waals surface area contributed by atoms with E-state index in [1.54, 1.807) is 24.3 Å². The summed E-state index contributed by atoms with van der Waals surface area (Å²) in [6.07, 6.45) is 0. The minimum absolute atomic E-state index is 0. The van der Waals surface area contributed by atoms with E-state index in [0.29, 0.717) is 5.46 Å². The summed E-state index contributed by atoms with van der Waals surface area (Å²) < 4.78 is 0. The Morgan fingerprint density at radius 3 is 2.18 bits per heavy atom. The summed E-state index contributed by atoms with van der Waals surface area (Å²) in [5, 5.41) is 17.1. The SMILES string of the molecule is OB(O)c1[c-]cccc1.[CH3-].[V+2]. The zero-order valence-electron chi connectivity index (χ0n) is 6.23. The second kappa shape index (κ2) is 6.50. The molecule has 0 aromatic heterocycles. The normalized spacial score (nSPS) is 7.45. The fourth-order valence-electron chi connectivity index (χ4n) is 0.568. The van der Waals surface area contributed by atoms with Crippen molar-refractivity contribution in [2.75, 3.05) is 0 Å². The first-order valence-corrected chi connectivity index (χ1v) is 2.63. The van der Waals surface area contributed by atoms with Crippen LogP contribution in [0.1, 0.15) is 0 Å². The molecule has 11 heavy (non-hydrogen) atoms. The Hall–Kier alpha value is -0.211. The maximum Gasteiger partial charge on any atom is 2.00 e. The largest absolute Gasteiger partial charge is 2.00 e. The van der Waals surface area contributed by atoms with E-state index in [9.17, 15) is 0 Å². The molecule has 57 valence electrons. The summed E-state index contributed by atoms with van der Waals surface area (Å²) in [6, 6.07) is 9.40. The van der Waals surface area contributed by atoms with E-state index in [0.717, 1.165) is 0 Å². The smallest absolute Gasteiger partial charge is 0.425 e. The molecule has 1 radical (unpaired) electrons. The van der Waals surface area contributed by atoms with Gasteiger partial charge in [0.25, 0.3) is 0 Å². The van der Waals surface area contributed by atoms with Crippen LogP contribution < -0.4 is 5.46 Å². The van der Waals surface area contributed by atoms with Crippen LogP contribution >= 0.6 is 0 Å². The van der Waals surface area contributed by atoms with Gasteiger partial charge in [-0.1, -0.05) is 0 Å². The third kappa shape index (κ3) is 4.27. The molecular formula is C7H9BO2V. The quantitative estimate of drug-likeness (QED) is 0.464. The van der Waals surface area contributed by atoms with E-state index in [2.05, 4.69) is 6.07 Å². The molecule has 2 N–H and O–H groups in total. The summed E-state index contributed by atoms with van der Waals surface area (Å²) in [5.74, 6) is 0. The van der Waals surface area contributed by atoms with E-state index >= 15 is 0 Å². The first kappa shape index (κ1) is 13.4. The van der Waals surface area contributed by atoms with Gasteiger partial charge in [0.15, 0.2) is 0 Å². The van der Waals surface area contributed by atoms with Gasteiger partial charge in [-0.15, -0.1) is 5.46 Å². The Morgan fingerprint density at radius 2 is 1.91 bits per heavy atom. The third-order valence-electron chi connectivity index (χ3n) is 1.01. The van der Waals surface area contributed by atoms with E-state index < -0.39 is 7.12 Å². The van der Waals surface area contributed by atoms with Gasteiger partial charge in [0.1, 0.15) is 0 Å². The molecule has 1 rings (SSSR count). The van der Waals surface area contributed by atoms with Gasteiger partial charge in [-0.05, 0) is 0 Å². The Morgan fingerprint density at radius 1 is 1.27 bits per heavy atom. The van der Waals surface area contributed by atoms with Gasteiger partial charge in [0, 0.05) is 0 Å². The molecular weight excluding hydrogens is 178 g/mol. The molecule has 0 fully saturated rings. The number of benzene rings is 1. The molecule has 0 saturated heterocycles. The summed E-state index contributed by atoms with van der Waals surface area (Å²) in [7, 11) is -1.40. The molecule has 0 aliphatic rings. The monoisotopic (exact) mass is 187 g/mol. The van der Waals surface area contributed by atoms with Crippen molar-refractivity contribution in [3.8, 4) is 0 Å². The third-order valence-corrected chi connectivity index (χ3v) is 1.01. The van der Waals surface area contributed by atoms with Crippen molar-refractivity contribution < 1.29 is 28.6 Å². The maximum absolute atomic E-state index is 8.55. The van der Waals surface area contributed by atoms with Crippen molar-refractivity contribution in [1.29, 1.82) is 0 Å². The Labute approximate surface area is 79.3 Å². The van der Waals surface area contributed by atoms with Gasteiger partial charge in [0.2, 0.25) is 0 Å². The van der Waals surface area contributed by atoms with Gasteiger partial charge >= 0.3 is 25.7 Å². The first-order chi connectivity index (χ1) is 4.30. The van der Waals surface area contributed by atoms with Crippen LogP contribution in [0.2, 0.25) is 0 Å². The fraction of sp³-hybridized carbons (Fsp3) is 0. The molecule has 2 nitrogen and oxygen atoms in total. The molecule has 0 aliphatic carbocycles. The van der Waals surface area contributed by atoms with Crippen LogP contribution in [0.25, 0.3) is 0 Å². The molecule has 0 amide bonds. The van der Waals surface area contributed by atoms with Crippen LogP contribution in [0.15, 0.2) is 24.3 Å². The van der Waals surface area contributed by atoms with Gasteiger partial charge in [0.05, 0.1) is 0 Å². The van der Waals surface area contributed by atoms with Crippen LogP contribution in [0.3, 0.4) is 0 Å². The van der Waals surface area contributed by atoms with Gasteiger partial charge in [-0.25, -0.2) is 0 Å². The molecule has 0 spiro atoms. The summed E-state index contributed by atoms with van der Waals surface area (Å²) >= 11 is 0. The van der Waals surface area contributed by atoms with Gasteiger partial charge < -0.3 is 17.5 Å². The second-order valence-corrected chi connectivity index (χ2v) is 1.69. The molecule has 0 unspecified atom stereocenters. The van der Waals surface area contributed by atoms with Gasteiger partial charge in [-0.3, -0.25) is 0 Å². The number of hydrogen-bond donors (Lipinski definition) is 2. The summed E-state index contributed by atoms with van der Waals surface area (Å²) in [6.45, 7) is 0. The number of rotatable bonds is 1. The maximum atomic E-state index is 8.55. The Balaban J connectivity index is 0. The van der Waals surface area contributed by atoms with Crippen LogP contribution in [-0.2, 0) is 18.6 Å². The molecule has 0 bridgehead atoms. The molecule has 1 aromatic rings. The first-order valence-electron chi connectivity index (χ1n) is 2.63. The second-order valence-electron chi connectivity index (χ2n) is 1.69. The molecule has 0 saturated carbocycles. The molecule has 0 atom stereocenters. The Kier molecular flexibility index (Phi) is 7.90. The van der Waals surface area contributed by atoms with Crippen molar-refractivity contribution >= 4 is 12.6 Å². The number of hydrogen-bond acceptors (Lipinski definition) is 2. The zero-order valence-corrected chi connectivity index (χ0v) is 7.63. The zero-order chi connectivity index (χ0) is 6.69. The standard InChI is InChI=1S/C6H6BO2.CH3.V/c8-7(9)6-4-2-1-3-5-6;;/h1-4,8-9H;1H3;/q2*-1;+2. The Bertz CT molecular complexity index is 179. The topological polar surface area (TPSA) is 40.5 Å². The van der Waals surface area contributed by atoms with Crippen molar-refractivity contribution in [3.63, 3.8) is 0 Å².